The van der Waals surface area contributed by atoms with Crippen molar-refractivity contribution < 1.29 is 4.74 Å². The normalized spacial score (nSPS) is 24.0. The molecule has 0 aliphatic carbocycles. The maximum Gasteiger partial charge on any atom is 0.162 e. The highest BCUT2D eigenvalue weighted by Crippen LogP contribution is 2.48. The van der Waals surface area contributed by atoms with Gasteiger partial charge in [-0.15, -0.1) is 0 Å². The van der Waals surface area contributed by atoms with E-state index in [0.29, 0.717) is 5.69 Å². The molecule has 1 fully saturated rings. The zero-order valence-electron chi connectivity index (χ0n) is 7.90. The molecule has 68 valence electrons. The van der Waals surface area contributed by atoms with Crippen molar-refractivity contribution >= 4 is 0 Å². The molecule has 0 saturated carbocycles. The molecule has 1 atom stereocenters. The van der Waals surface area contributed by atoms with Crippen molar-refractivity contribution in [3.8, 4) is 6.07 Å². The smallest absolute Gasteiger partial charge is 0.162 e. The van der Waals surface area contributed by atoms with Crippen LogP contribution >= 0.6 is 0 Å². The first kappa shape index (κ1) is 8.27. The van der Waals surface area contributed by atoms with E-state index >= 15 is 0 Å². The van der Waals surface area contributed by atoms with E-state index < -0.39 is 0 Å². The summed E-state index contributed by atoms with van der Waals surface area (Å²) >= 11 is 0. The highest BCUT2D eigenvalue weighted by atomic mass is 16.6. The first-order valence-electron chi connectivity index (χ1n) is 4.16. The number of rotatable bonds is 1. The Bertz CT molecular complexity index is 386. The largest absolute Gasteiger partial charge is 0.360 e. The van der Waals surface area contributed by atoms with Crippen LogP contribution in [0, 0.1) is 11.3 Å². The molecule has 2 heterocycles. The average molecular weight is 177 g/mol. The molecular formula is C9H11N3O. The Labute approximate surface area is 76.7 Å². The average Bonchev–Trinajstić information content (AvgIpc) is 2.54. The van der Waals surface area contributed by atoms with E-state index in [4.69, 9.17) is 10.00 Å². The second-order valence-electron chi connectivity index (χ2n) is 3.79. The monoisotopic (exact) mass is 177 g/mol. The summed E-state index contributed by atoms with van der Waals surface area (Å²) in [5.74, 6) is 0. The SMILES string of the molecule is Cn1nc(C#N)cc1C1OC1(C)C. The van der Waals surface area contributed by atoms with Gasteiger partial charge in [0.2, 0.25) is 0 Å². The Morgan fingerprint density at radius 2 is 2.31 bits per heavy atom. The third-order valence-electron chi connectivity index (χ3n) is 2.29. The minimum absolute atomic E-state index is 0.0899. The van der Waals surface area contributed by atoms with E-state index in [1.807, 2.05) is 27.0 Å². The summed E-state index contributed by atoms with van der Waals surface area (Å²) in [5.41, 5.74) is 1.32. The molecule has 4 heteroatoms. The summed E-state index contributed by atoms with van der Waals surface area (Å²) in [6.07, 6.45) is 0.0899. The molecular weight excluding hydrogens is 166 g/mol. The van der Waals surface area contributed by atoms with Gasteiger partial charge < -0.3 is 4.74 Å². The van der Waals surface area contributed by atoms with Crippen molar-refractivity contribution in [1.29, 1.82) is 5.26 Å². The van der Waals surface area contributed by atoms with Gasteiger partial charge in [0, 0.05) is 13.1 Å². The minimum Gasteiger partial charge on any atom is -0.360 e. The van der Waals surface area contributed by atoms with Crippen LogP contribution in [0.25, 0.3) is 0 Å². The van der Waals surface area contributed by atoms with Gasteiger partial charge in [0.15, 0.2) is 5.69 Å². The standard InChI is InChI=1S/C9H11N3O/c1-9(2)8(13-9)7-4-6(5-10)11-12(7)3/h4,8H,1-3H3. The van der Waals surface area contributed by atoms with Crippen LogP contribution < -0.4 is 0 Å². The Morgan fingerprint density at radius 1 is 1.69 bits per heavy atom. The predicted octanol–water partition coefficient (Wildman–Crippen LogP) is 1.14. The molecule has 0 radical (unpaired) electrons. The molecule has 1 unspecified atom stereocenters. The van der Waals surface area contributed by atoms with Gasteiger partial charge in [-0.05, 0) is 13.8 Å². The summed E-state index contributed by atoms with van der Waals surface area (Å²) in [6.45, 7) is 4.05. The number of aromatic nitrogens is 2. The molecule has 1 aliphatic rings. The van der Waals surface area contributed by atoms with Crippen LogP contribution in [-0.2, 0) is 11.8 Å². The van der Waals surface area contributed by atoms with Gasteiger partial charge in [-0.3, -0.25) is 4.68 Å². The van der Waals surface area contributed by atoms with E-state index in [-0.39, 0.29) is 11.7 Å². The van der Waals surface area contributed by atoms with Crippen LogP contribution in [0.15, 0.2) is 6.07 Å². The summed E-state index contributed by atoms with van der Waals surface area (Å²) in [5, 5.41) is 12.7. The zero-order chi connectivity index (χ0) is 9.64. The van der Waals surface area contributed by atoms with E-state index in [1.54, 1.807) is 10.7 Å². The molecule has 2 rings (SSSR count). The number of ether oxygens (including phenoxy) is 1. The lowest BCUT2D eigenvalue weighted by molar-refractivity contribution is 0.322. The van der Waals surface area contributed by atoms with Crippen molar-refractivity contribution in [3.05, 3.63) is 17.5 Å². The second-order valence-corrected chi connectivity index (χ2v) is 3.79. The van der Waals surface area contributed by atoms with Gasteiger partial charge in [0.1, 0.15) is 12.2 Å². The highest BCUT2D eigenvalue weighted by Gasteiger charge is 2.50. The lowest BCUT2D eigenvalue weighted by Gasteiger charge is -1.97. The molecule has 4 nitrogen and oxygen atoms in total. The Hall–Kier alpha value is -1.34. The van der Waals surface area contributed by atoms with Gasteiger partial charge in [0.05, 0.1) is 11.3 Å². The van der Waals surface area contributed by atoms with E-state index in [2.05, 4.69) is 5.10 Å². The maximum absolute atomic E-state index is 8.64. The van der Waals surface area contributed by atoms with E-state index in [9.17, 15) is 0 Å². The van der Waals surface area contributed by atoms with Crippen LogP contribution in [0.1, 0.15) is 31.3 Å². The van der Waals surface area contributed by atoms with Crippen LogP contribution in [-0.4, -0.2) is 15.4 Å². The van der Waals surface area contributed by atoms with Crippen molar-refractivity contribution in [1.82, 2.24) is 9.78 Å². The number of hydrogen-bond acceptors (Lipinski definition) is 3. The molecule has 1 aromatic heterocycles. The molecule has 0 aromatic carbocycles. The van der Waals surface area contributed by atoms with Crippen molar-refractivity contribution in [2.24, 2.45) is 7.05 Å². The maximum atomic E-state index is 8.64. The Morgan fingerprint density at radius 3 is 2.69 bits per heavy atom. The molecule has 0 N–H and O–H groups in total. The first-order valence-corrected chi connectivity index (χ1v) is 4.16. The lowest BCUT2D eigenvalue weighted by atomic mass is 10.1. The second kappa shape index (κ2) is 2.33. The highest BCUT2D eigenvalue weighted by molar-refractivity contribution is 5.27. The summed E-state index contributed by atoms with van der Waals surface area (Å²) in [4.78, 5) is 0. The fourth-order valence-corrected chi connectivity index (χ4v) is 1.47. The third-order valence-corrected chi connectivity index (χ3v) is 2.29. The van der Waals surface area contributed by atoms with E-state index in [0.717, 1.165) is 5.69 Å². The first-order chi connectivity index (χ1) is 6.04. The van der Waals surface area contributed by atoms with Crippen molar-refractivity contribution in [2.45, 2.75) is 25.6 Å². The van der Waals surface area contributed by atoms with Crippen molar-refractivity contribution in [3.63, 3.8) is 0 Å². The predicted molar refractivity (Wildman–Crippen MR) is 45.8 cm³/mol. The quantitative estimate of drug-likeness (QED) is 0.604. The van der Waals surface area contributed by atoms with Gasteiger partial charge >= 0.3 is 0 Å². The number of nitrogens with zero attached hydrogens (tertiary/aromatic N) is 3. The fraction of sp³-hybridized carbons (Fsp3) is 0.556. The van der Waals surface area contributed by atoms with Crippen LogP contribution in [0.5, 0.6) is 0 Å². The molecule has 1 aromatic rings. The summed E-state index contributed by atoms with van der Waals surface area (Å²) in [6, 6.07) is 3.79. The zero-order valence-corrected chi connectivity index (χ0v) is 7.90. The van der Waals surface area contributed by atoms with Gasteiger partial charge in [-0.25, -0.2) is 0 Å². The molecule has 1 aliphatic heterocycles. The van der Waals surface area contributed by atoms with Crippen LogP contribution in [0.2, 0.25) is 0 Å². The molecule has 0 amide bonds. The molecule has 0 spiro atoms. The molecule has 0 bridgehead atoms. The number of aryl methyl sites for hydroxylation is 1. The lowest BCUT2D eigenvalue weighted by Crippen LogP contribution is -2.02. The van der Waals surface area contributed by atoms with Crippen molar-refractivity contribution in [2.75, 3.05) is 0 Å². The Balaban J connectivity index is 2.33. The van der Waals surface area contributed by atoms with Gasteiger partial charge in [-0.1, -0.05) is 0 Å². The molecule has 13 heavy (non-hydrogen) atoms. The number of epoxide rings is 1. The van der Waals surface area contributed by atoms with Gasteiger partial charge in [0.25, 0.3) is 0 Å². The summed E-state index contributed by atoms with van der Waals surface area (Å²) in [7, 11) is 1.83. The third kappa shape index (κ3) is 1.21. The summed E-state index contributed by atoms with van der Waals surface area (Å²) < 4.78 is 7.17. The van der Waals surface area contributed by atoms with E-state index in [1.165, 1.54) is 0 Å². The van der Waals surface area contributed by atoms with Gasteiger partial charge in [-0.2, -0.15) is 10.4 Å². The van der Waals surface area contributed by atoms with Crippen LogP contribution in [0.4, 0.5) is 0 Å². The Kier molecular flexibility index (Phi) is 1.48. The molecule has 1 saturated heterocycles. The fourth-order valence-electron chi connectivity index (χ4n) is 1.47. The number of nitriles is 1. The topological polar surface area (TPSA) is 54.1 Å². The van der Waals surface area contributed by atoms with Crippen LogP contribution in [0.3, 0.4) is 0 Å². The number of hydrogen-bond donors (Lipinski definition) is 0. The minimum atomic E-state index is -0.0967.